The molecule has 9 unspecified atom stereocenters. The van der Waals surface area contributed by atoms with Crippen LogP contribution >= 0.6 is 0 Å². The molecule has 8 heteroatoms. The predicted molar refractivity (Wildman–Crippen MR) is 191 cm³/mol. The largest absolute Gasteiger partial charge is 0.481 e. The standard InChI is InChI=1S/C34H54O4.C6H15NO3/c1-8-24(21(2)3)10-9-22(4)26-13-14-28-25-11-12-27-23(5)30(38-32(37)16-15-31(35)36)18-20-34(27,7)29(25)17-19-33(26,28)6;8-4-1-7(2-5-9)3-6-10/h11,22-23,26-30H,8-10,12-20H2,1-7H3,(H,35,36);8-10H,1-6H2. The summed E-state index contributed by atoms with van der Waals surface area (Å²) in [5.74, 6) is 2.56. The Morgan fingerprint density at radius 1 is 0.917 bits per heavy atom. The van der Waals surface area contributed by atoms with Crippen molar-refractivity contribution in [3.8, 4) is 0 Å². The van der Waals surface area contributed by atoms with Gasteiger partial charge in [0.05, 0.1) is 32.7 Å². The Morgan fingerprint density at radius 2 is 1.52 bits per heavy atom. The molecule has 0 aliphatic heterocycles. The summed E-state index contributed by atoms with van der Waals surface area (Å²) in [5.41, 5.74) is 5.68. The van der Waals surface area contributed by atoms with Crippen molar-refractivity contribution in [1.29, 1.82) is 0 Å². The van der Waals surface area contributed by atoms with Crippen LogP contribution in [-0.4, -0.2) is 82.8 Å². The number of carboxylic acids is 1. The van der Waals surface area contributed by atoms with Gasteiger partial charge in [0.25, 0.3) is 0 Å². The Bertz CT molecular complexity index is 1100. The first-order valence-electron chi connectivity index (χ1n) is 19.1. The Labute approximate surface area is 291 Å². The van der Waals surface area contributed by atoms with Gasteiger partial charge in [0.2, 0.25) is 0 Å². The predicted octanol–water partition coefficient (Wildman–Crippen LogP) is 7.02. The first-order chi connectivity index (χ1) is 22.8. The summed E-state index contributed by atoms with van der Waals surface area (Å²) in [6.45, 7) is 18.6. The second kappa shape index (κ2) is 18.5. The second-order valence-corrected chi connectivity index (χ2v) is 16.2. The van der Waals surface area contributed by atoms with Crippen molar-refractivity contribution in [2.45, 2.75) is 132 Å². The van der Waals surface area contributed by atoms with E-state index in [0.29, 0.717) is 42.8 Å². The number of aliphatic hydroxyl groups excluding tert-OH is 3. The highest BCUT2D eigenvalue weighted by Gasteiger charge is 2.59. The number of carboxylic acid groups (broad SMARTS) is 1. The summed E-state index contributed by atoms with van der Waals surface area (Å²) in [6, 6.07) is 0. The Balaban J connectivity index is 0.000000542. The van der Waals surface area contributed by atoms with Crippen molar-refractivity contribution in [3.63, 3.8) is 0 Å². The maximum absolute atomic E-state index is 12.3. The number of aliphatic hydroxyl groups is 3. The minimum atomic E-state index is -0.942. The number of esters is 1. The van der Waals surface area contributed by atoms with E-state index >= 15 is 0 Å². The molecule has 4 aliphatic rings. The van der Waals surface area contributed by atoms with Gasteiger partial charge in [-0.15, -0.1) is 0 Å². The van der Waals surface area contributed by atoms with Crippen LogP contribution in [0.1, 0.15) is 126 Å². The van der Waals surface area contributed by atoms with Crippen molar-refractivity contribution >= 4 is 11.9 Å². The molecule has 3 saturated carbocycles. The molecule has 0 bridgehead atoms. The molecule has 0 saturated heterocycles. The summed E-state index contributed by atoms with van der Waals surface area (Å²) in [6.07, 6.45) is 14.7. The number of nitrogens with zero attached hydrogens (tertiary/aromatic N) is 1. The van der Waals surface area contributed by atoms with Crippen molar-refractivity contribution in [1.82, 2.24) is 4.90 Å². The third-order valence-electron chi connectivity index (χ3n) is 13.4. The van der Waals surface area contributed by atoms with Gasteiger partial charge >= 0.3 is 11.9 Å². The molecule has 0 aromatic carbocycles. The number of hydrogen-bond donors (Lipinski definition) is 4. The molecular formula is C40H69NO7. The summed E-state index contributed by atoms with van der Waals surface area (Å²) in [7, 11) is 0. The van der Waals surface area contributed by atoms with Gasteiger partial charge in [-0.2, -0.15) is 0 Å². The third kappa shape index (κ3) is 9.52. The minimum Gasteiger partial charge on any atom is -0.481 e. The van der Waals surface area contributed by atoms with Crippen molar-refractivity contribution in [2.75, 3.05) is 39.5 Å². The fourth-order valence-electron chi connectivity index (χ4n) is 10.7. The maximum atomic E-state index is 12.3. The Morgan fingerprint density at radius 3 is 2.08 bits per heavy atom. The topological polar surface area (TPSA) is 128 Å². The number of ether oxygens (including phenoxy) is 1. The molecule has 0 aromatic heterocycles. The lowest BCUT2D eigenvalue weighted by molar-refractivity contribution is -0.163. The average molecular weight is 676 g/mol. The molecule has 0 spiro atoms. The van der Waals surface area contributed by atoms with Crippen molar-refractivity contribution in [3.05, 3.63) is 22.8 Å². The van der Waals surface area contributed by atoms with Gasteiger partial charge in [-0.1, -0.05) is 57.4 Å². The summed E-state index contributed by atoms with van der Waals surface area (Å²) in [5, 5.41) is 34.4. The molecule has 0 aromatic rings. The number of fused-ring (bicyclic) bond motifs is 5. The number of carbonyl (C=O) groups excluding carboxylic acids is 1. The van der Waals surface area contributed by atoms with Gasteiger partial charge in [-0.3, -0.25) is 14.5 Å². The van der Waals surface area contributed by atoms with Gasteiger partial charge < -0.3 is 25.2 Å². The Kier molecular flexibility index (Phi) is 15.7. The van der Waals surface area contributed by atoms with Crippen LogP contribution in [-0.2, 0) is 14.3 Å². The molecule has 4 aliphatic carbocycles. The number of aliphatic carboxylic acids is 1. The van der Waals surface area contributed by atoms with Crippen LogP contribution < -0.4 is 0 Å². The molecule has 8 nitrogen and oxygen atoms in total. The van der Waals surface area contributed by atoms with Crippen LogP contribution in [0.2, 0.25) is 0 Å². The van der Waals surface area contributed by atoms with E-state index in [0.717, 1.165) is 37.0 Å². The SMILES string of the molecule is CCC(CCC(C)C1CCC2C3=CCC4C(C)C(OC(=O)CCC(=O)O)CCC4(C)C3CCC21C)=C(C)C.OCCN(CCO)CCO. The fraction of sp³-hybridized carbons (Fsp3) is 0.850. The van der Waals surface area contributed by atoms with Crippen molar-refractivity contribution in [2.24, 2.45) is 46.3 Å². The molecule has 276 valence electrons. The van der Waals surface area contributed by atoms with Crippen LogP contribution in [0, 0.1) is 46.3 Å². The van der Waals surface area contributed by atoms with Gasteiger partial charge in [0.15, 0.2) is 0 Å². The van der Waals surface area contributed by atoms with E-state index in [9.17, 15) is 9.59 Å². The zero-order valence-electron chi connectivity index (χ0n) is 31.3. The first kappa shape index (κ1) is 40.7. The lowest BCUT2D eigenvalue weighted by atomic mass is 9.46. The molecule has 0 radical (unpaired) electrons. The number of hydrogen-bond acceptors (Lipinski definition) is 7. The van der Waals surface area contributed by atoms with Crippen LogP contribution in [0.25, 0.3) is 0 Å². The van der Waals surface area contributed by atoms with Crippen LogP contribution in [0.3, 0.4) is 0 Å². The highest BCUT2D eigenvalue weighted by Crippen LogP contribution is 2.67. The van der Waals surface area contributed by atoms with E-state index in [4.69, 9.17) is 25.2 Å². The molecule has 9 atom stereocenters. The smallest absolute Gasteiger partial charge is 0.306 e. The quantitative estimate of drug-likeness (QED) is 0.108. The number of carbonyl (C=O) groups is 2. The summed E-state index contributed by atoms with van der Waals surface area (Å²) in [4.78, 5) is 25.0. The molecule has 0 heterocycles. The average Bonchev–Trinajstić information content (AvgIpc) is 3.39. The molecule has 4 rings (SSSR count). The number of allylic oxidation sites excluding steroid dienone is 4. The van der Waals surface area contributed by atoms with Crippen LogP contribution in [0.5, 0.6) is 0 Å². The Hall–Kier alpha value is -1.74. The van der Waals surface area contributed by atoms with E-state index in [1.165, 1.54) is 50.5 Å². The highest BCUT2D eigenvalue weighted by atomic mass is 16.5. The molecular weight excluding hydrogens is 606 g/mol. The van der Waals surface area contributed by atoms with Crippen molar-refractivity contribution < 1.29 is 34.8 Å². The van der Waals surface area contributed by atoms with Crippen LogP contribution in [0.4, 0.5) is 0 Å². The van der Waals surface area contributed by atoms with Gasteiger partial charge in [0, 0.05) is 19.6 Å². The van der Waals surface area contributed by atoms with E-state index in [1.54, 1.807) is 16.0 Å². The van der Waals surface area contributed by atoms with Gasteiger partial charge in [-0.25, -0.2) is 0 Å². The van der Waals surface area contributed by atoms with Gasteiger partial charge in [-0.05, 0) is 124 Å². The summed E-state index contributed by atoms with van der Waals surface area (Å²) >= 11 is 0. The zero-order valence-corrected chi connectivity index (χ0v) is 31.3. The zero-order chi connectivity index (χ0) is 35.6. The molecule has 3 fully saturated rings. The summed E-state index contributed by atoms with van der Waals surface area (Å²) < 4.78 is 5.85. The molecule has 48 heavy (non-hydrogen) atoms. The third-order valence-corrected chi connectivity index (χ3v) is 13.4. The van der Waals surface area contributed by atoms with Crippen LogP contribution in [0.15, 0.2) is 22.8 Å². The molecule has 4 N–H and O–H groups in total. The van der Waals surface area contributed by atoms with Gasteiger partial charge in [0.1, 0.15) is 6.10 Å². The maximum Gasteiger partial charge on any atom is 0.306 e. The lowest BCUT2D eigenvalue weighted by Gasteiger charge is -2.59. The lowest BCUT2D eigenvalue weighted by Crippen LogP contribution is -2.53. The fourth-order valence-corrected chi connectivity index (χ4v) is 10.7. The normalized spacial score (nSPS) is 32.9. The van der Waals surface area contributed by atoms with E-state index in [-0.39, 0.29) is 50.2 Å². The molecule has 0 amide bonds. The monoisotopic (exact) mass is 676 g/mol. The first-order valence-corrected chi connectivity index (χ1v) is 19.1. The van der Waals surface area contributed by atoms with E-state index in [2.05, 4.69) is 54.5 Å². The second-order valence-electron chi connectivity index (χ2n) is 16.2. The number of rotatable bonds is 15. The highest BCUT2D eigenvalue weighted by molar-refractivity contribution is 5.76. The van der Waals surface area contributed by atoms with E-state index < -0.39 is 5.97 Å². The van der Waals surface area contributed by atoms with E-state index in [1.807, 2.05) is 0 Å². The minimum absolute atomic E-state index is 0.0267.